The van der Waals surface area contributed by atoms with Gasteiger partial charge in [0.2, 0.25) is 0 Å². The molecule has 0 radical (unpaired) electrons. The molecular formula is C26H31Cl2N7O2. The minimum atomic E-state index is -0.854. The number of nitrogen functional groups attached to an aromatic ring is 1. The van der Waals surface area contributed by atoms with E-state index in [0.717, 1.165) is 54.5 Å². The molecular weight excluding hydrogens is 513 g/mol. The third-order valence-electron chi connectivity index (χ3n) is 8.39. The van der Waals surface area contributed by atoms with Crippen molar-refractivity contribution >= 4 is 51.1 Å². The highest BCUT2D eigenvalue weighted by Gasteiger charge is 2.44. The Kier molecular flexibility index (Phi) is 6.53. The fourth-order valence-electron chi connectivity index (χ4n) is 6.15. The van der Waals surface area contributed by atoms with E-state index in [1.54, 1.807) is 6.07 Å². The van der Waals surface area contributed by atoms with Crippen LogP contribution >= 0.6 is 23.2 Å². The lowest BCUT2D eigenvalue weighted by Gasteiger charge is -2.42. The zero-order valence-corrected chi connectivity index (χ0v) is 22.1. The number of aliphatic hydroxyl groups excluding tert-OH is 2. The van der Waals surface area contributed by atoms with Crippen LogP contribution in [0.25, 0.3) is 22.1 Å². The van der Waals surface area contributed by atoms with Crippen molar-refractivity contribution in [2.24, 2.45) is 11.8 Å². The van der Waals surface area contributed by atoms with Gasteiger partial charge in [0.15, 0.2) is 0 Å². The molecule has 0 amide bonds. The number of hydrogen-bond donors (Lipinski definition) is 4. The van der Waals surface area contributed by atoms with Gasteiger partial charge >= 0.3 is 0 Å². The first-order chi connectivity index (χ1) is 17.8. The number of benzene rings is 1. The number of aliphatic hydroxyl groups is 2. The lowest BCUT2D eigenvalue weighted by molar-refractivity contribution is -0.00658. The average Bonchev–Trinajstić information content (AvgIpc) is 3.51. The monoisotopic (exact) mass is 543 g/mol. The van der Waals surface area contributed by atoms with Crippen LogP contribution in [0.15, 0.2) is 30.7 Å². The summed E-state index contributed by atoms with van der Waals surface area (Å²) >= 11 is 12.2. The van der Waals surface area contributed by atoms with Crippen LogP contribution in [-0.2, 0) is 6.42 Å². The number of rotatable bonds is 7. The molecule has 3 aromatic heterocycles. The molecule has 196 valence electrons. The van der Waals surface area contributed by atoms with Gasteiger partial charge in [-0.25, -0.2) is 15.0 Å². The second-order valence-corrected chi connectivity index (χ2v) is 11.5. The molecule has 0 aliphatic heterocycles. The molecule has 2 aliphatic rings. The number of anilines is 1. The number of nitrogens with one attached hydrogen (secondary N) is 1. The van der Waals surface area contributed by atoms with Gasteiger partial charge in [0, 0.05) is 31.1 Å². The number of H-pyrrole nitrogens is 1. The van der Waals surface area contributed by atoms with E-state index in [1.807, 2.05) is 22.9 Å². The summed E-state index contributed by atoms with van der Waals surface area (Å²) in [7, 11) is 2.12. The molecule has 4 atom stereocenters. The Morgan fingerprint density at radius 1 is 1.14 bits per heavy atom. The number of aryl methyl sites for hydroxylation is 1. The van der Waals surface area contributed by atoms with Crippen molar-refractivity contribution in [3.63, 3.8) is 0 Å². The van der Waals surface area contributed by atoms with Crippen LogP contribution in [0.4, 0.5) is 5.82 Å². The predicted octanol–water partition coefficient (Wildman–Crippen LogP) is 3.82. The van der Waals surface area contributed by atoms with E-state index in [0.29, 0.717) is 39.9 Å². The molecule has 3 heterocycles. The number of fused-ring (bicyclic) bond motifs is 2. The smallest absolute Gasteiger partial charge is 0.145 e. The summed E-state index contributed by atoms with van der Waals surface area (Å²) in [6.45, 7) is 0.744. The Balaban J connectivity index is 1.02. The maximum absolute atomic E-state index is 10.9. The quantitative estimate of drug-likeness (QED) is 0.278. The minimum absolute atomic E-state index is 0.0186. The molecule has 0 spiro atoms. The highest BCUT2D eigenvalue weighted by molar-refractivity contribution is 6.42. The van der Waals surface area contributed by atoms with E-state index in [1.165, 1.54) is 6.33 Å². The lowest BCUT2D eigenvalue weighted by Crippen LogP contribution is -2.46. The lowest BCUT2D eigenvalue weighted by atomic mass is 9.76. The van der Waals surface area contributed by atoms with Gasteiger partial charge in [-0.2, -0.15) is 0 Å². The minimum Gasteiger partial charge on any atom is -0.390 e. The molecule has 4 aromatic rings. The molecule has 9 nitrogen and oxygen atoms in total. The molecule has 0 saturated heterocycles. The Hall–Kier alpha value is -2.43. The molecule has 5 N–H and O–H groups in total. The van der Waals surface area contributed by atoms with Crippen LogP contribution in [0.5, 0.6) is 0 Å². The summed E-state index contributed by atoms with van der Waals surface area (Å²) in [4.78, 5) is 18.8. The van der Waals surface area contributed by atoms with Crippen LogP contribution in [0, 0.1) is 11.8 Å². The molecule has 2 aliphatic carbocycles. The summed E-state index contributed by atoms with van der Waals surface area (Å²) in [6.07, 6.45) is 6.57. The van der Waals surface area contributed by atoms with Gasteiger partial charge in [-0.1, -0.05) is 23.2 Å². The first kappa shape index (κ1) is 24.9. The van der Waals surface area contributed by atoms with Crippen LogP contribution in [0.3, 0.4) is 0 Å². The van der Waals surface area contributed by atoms with Crippen molar-refractivity contribution in [3.05, 3.63) is 46.6 Å². The second kappa shape index (κ2) is 9.71. The van der Waals surface area contributed by atoms with E-state index in [4.69, 9.17) is 28.9 Å². The fourth-order valence-corrected chi connectivity index (χ4v) is 6.47. The number of nitrogens with zero attached hydrogens (tertiary/aromatic N) is 5. The number of aromatic amines is 1. The third-order valence-corrected chi connectivity index (χ3v) is 9.11. The summed E-state index contributed by atoms with van der Waals surface area (Å²) in [5.41, 5.74) is 8.42. The Bertz CT molecular complexity index is 1390. The number of aromatic nitrogens is 5. The molecule has 6 rings (SSSR count). The van der Waals surface area contributed by atoms with E-state index in [2.05, 4.69) is 31.9 Å². The van der Waals surface area contributed by atoms with Crippen molar-refractivity contribution in [3.8, 4) is 0 Å². The molecule has 0 bridgehead atoms. The van der Waals surface area contributed by atoms with Gasteiger partial charge in [0.25, 0.3) is 0 Å². The Labute approximate surface area is 224 Å². The molecule has 2 fully saturated rings. The highest BCUT2D eigenvalue weighted by Crippen LogP contribution is 2.40. The number of imidazole rings is 1. The van der Waals surface area contributed by atoms with Crippen molar-refractivity contribution < 1.29 is 10.2 Å². The largest absolute Gasteiger partial charge is 0.390 e. The molecule has 1 aromatic carbocycles. The number of hydrogen-bond acceptors (Lipinski definition) is 7. The summed E-state index contributed by atoms with van der Waals surface area (Å²) in [6, 6.07) is 5.73. The topological polar surface area (TPSA) is 129 Å². The molecule has 11 heteroatoms. The Morgan fingerprint density at radius 3 is 2.73 bits per heavy atom. The van der Waals surface area contributed by atoms with Crippen molar-refractivity contribution in [2.45, 2.75) is 56.4 Å². The van der Waals surface area contributed by atoms with Crippen LogP contribution in [-0.4, -0.2) is 71.5 Å². The SMILES string of the molecule is CN(C[C@H]1C[C@@H](n2ccc3c(N)ncnc32)[C@H](O)[C@@H]1O)[C@H]1C[C@@H](CCc2nc3cc(Cl)c(Cl)cc3[nH]2)C1. The third kappa shape index (κ3) is 4.57. The van der Waals surface area contributed by atoms with Gasteiger partial charge in [-0.3, -0.25) is 0 Å². The molecule has 2 saturated carbocycles. The van der Waals surface area contributed by atoms with Crippen LogP contribution in [0.1, 0.15) is 37.5 Å². The zero-order chi connectivity index (χ0) is 25.8. The van der Waals surface area contributed by atoms with Gasteiger partial charge in [-0.05, 0) is 56.8 Å². The first-order valence-corrected chi connectivity index (χ1v) is 13.5. The summed E-state index contributed by atoms with van der Waals surface area (Å²) in [5, 5.41) is 23.5. The standard InChI is InChI=1S/C26H31Cl2N7O2/c1-34(15-6-13(7-15)2-3-22-32-19-9-17(27)18(28)10-20(19)33-22)11-14-8-21(24(37)23(14)36)35-5-4-16-25(29)30-12-31-26(16)35/h4-5,9-10,12-15,21,23-24,36-37H,2-3,6-8,11H2,1H3,(H,32,33)(H2,29,30,31)/t13-,14-,15+,21-,23-,24+/m1/s1. The predicted molar refractivity (Wildman–Crippen MR) is 145 cm³/mol. The van der Waals surface area contributed by atoms with Gasteiger partial charge in [0.05, 0.1) is 38.6 Å². The molecule has 0 unspecified atom stereocenters. The summed E-state index contributed by atoms with van der Waals surface area (Å²) < 4.78 is 1.93. The highest BCUT2D eigenvalue weighted by atomic mass is 35.5. The number of halogens is 2. The fraction of sp³-hybridized carbons (Fsp3) is 0.500. The van der Waals surface area contributed by atoms with E-state index >= 15 is 0 Å². The van der Waals surface area contributed by atoms with E-state index < -0.39 is 12.2 Å². The molecule has 37 heavy (non-hydrogen) atoms. The number of nitrogens with two attached hydrogens (primary N) is 1. The first-order valence-electron chi connectivity index (χ1n) is 12.8. The summed E-state index contributed by atoms with van der Waals surface area (Å²) in [5.74, 6) is 2.01. The van der Waals surface area contributed by atoms with E-state index in [9.17, 15) is 10.2 Å². The van der Waals surface area contributed by atoms with Gasteiger partial charge < -0.3 is 30.4 Å². The van der Waals surface area contributed by atoms with Gasteiger partial charge in [0.1, 0.15) is 29.7 Å². The zero-order valence-electron chi connectivity index (χ0n) is 20.6. The average molecular weight is 544 g/mol. The van der Waals surface area contributed by atoms with Crippen molar-refractivity contribution in [1.29, 1.82) is 0 Å². The van der Waals surface area contributed by atoms with Gasteiger partial charge in [-0.15, -0.1) is 0 Å². The second-order valence-electron chi connectivity index (χ2n) is 10.7. The van der Waals surface area contributed by atoms with Crippen LogP contribution in [0.2, 0.25) is 10.0 Å². The van der Waals surface area contributed by atoms with Crippen molar-refractivity contribution in [1.82, 2.24) is 29.4 Å². The Morgan fingerprint density at radius 2 is 1.92 bits per heavy atom. The van der Waals surface area contributed by atoms with E-state index in [-0.39, 0.29) is 12.0 Å². The maximum Gasteiger partial charge on any atom is 0.145 e. The van der Waals surface area contributed by atoms with Crippen molar-refractivity contribution in [2.75, 3.05) is 19.3 Å². The van der Waals surface area contributed by atoms with Crippen LogP contribution < -0.4 is 5.73 Å². The normalized spacial score (nSPS) is 27.9. The maximum atomic E-state index is 10.9.